The van der Waals surface area contributed by atoms with Crippen LogP contribution in [0.5, 0.6) is 0 Å². The van der Waals surface area contributed by atoms with Gasteiger partial charge in [-0.05, 0) is 57.9 Å². The van der Waals surface area contributed by atoms with Gasteiger partial charge in [0.2, 0.25) is 10.0 Å². The first-order valence-corrected chi connectivity index (χ1v) is 9.35. The van der Waals surface area contributed by atoms with Crippen LogP contribution in [0, 0.1) is 0 Å². The molecule has 1 heterocycles. The molecule has 1 aromatic carbocycles. The summed E-state index contributed by atoms with van der Waals surface area (Å²) in [5, 5.41) is 0. The fourth-order valence-corrected chi connectivity index (χ4v) is 4.29. The van der Waals surface area contributed by atoms with Crippen LogP contribution in [0.3, 0.4) is 0 Å². The van der Waals surface area contributed by atoms with Crippen molar-refractivity contribution in [2.24, 2.45) is 0 Å². The summed E-state index contributed by atoms with van der Waals surface area (Å²) < 4.78 is 32.9. The SMILES string of the molecule is CC(C)(C)OC(=O)C1CCCN1S(=O)(=O)c1ccc(Br)cc1. The quantitative estimate of drug-likeness (QED) is 0.745. The second kappa shape index (κ2) is 6.29. The molecule has 1 fully saturated rings. The van der Waals surface area contributed by atoms with E-state index in [1.165, 1.54) is 16.4 Å². The highest BCUT2D eigenvalue weighted by atomic mass is 79.9. The molecule has 0 amide bonds. The molecule has 22 heavy (non-hydrogen) atoms. The highest BCUT2D eigenvalue weighted by molar-refractivity contribution is 9.10. The van der Waals surface area contributed by atoms with Gasteiger partial charge in [-0.3, -0.25) is 4.79 Å². The number of nitrogens with zero attached hydrogens (tertiary/aromatic N) is 1. The van der Waals surface area contributed by atoms with Gasteiger partial charge >= 0.3 is 5.97 Å². The van der Waals surface area contributed by atoms with E-state index in [2.05, 4.69) is 15.9 Å². The van der Waals surface area contributed by atoms with Gasteiger partial charge in [0, 0.05) is 11.0 Å². The van der Waals surface area contributed by atoms with E-state index in [-0.39, 0.29) is 4.90 Å². The Kier molecular flexibility index (Phi) is 4.99. The number of carbonyl (C=O) groups excluding carboxylic acids is 1. The average molecular weight is 390 g/mol. The number of hydrogen-bond donors (Lipinski definition) is 0. The largest absolute Gasteiger partial charge is 0.459 e. The second-order valence-electron chi connectivity index (χ2n) is 6.26. The van der Waals surface area contributed by atoms with Crippen LogP contribution in [0.2, 0.25) is 0 Å². The maximum atomic E-state index is 12.7. The monoisotopic (exact) mass is 389 g/mol. The van der Waals surface area contributed by atoms with Gasteiger partial charge in [-0.25, -0.2) is 8.42 Å². The molecule has 1 aromatic rings. The fourth-order valence-electron chi connectivity index (χ4n) is 2.38. The number of carbonyl (C=O) groups is 1. The average Bonchev–Trinajstić information content (AvgIpc) is 2.87. The highest BCUT2D eigenvalue weighted by Gasteiger charge is 2.41. The van der Waals surface area contributed by atoms with Gasteiger partial charge in [-0.2, -0.15) is 4.31 Å². The van der Waals surface area contributed by atoms with Crippen molar-refractivity contribution < 1.29 is 17.9 Å². The van der Waals surface area contributed by atoms with Crippen molar-refractivity contribution >= 4 is 31.9 Å². The molecule has 0 aliphatic carbocycles. The van der Waals surface area contributed by atoms with Gasteiger partial charge in [0.15, 0.2) is 0 Å². The van der Waals surface area contributed by atoms with Gasteiger partial charge in [-0.15, -0.1) is 0 Å². The lowest BCUT2D eigenvalue weighted by Gasteiger charge is -2.27. The topological polar surface area (TPSA) is 63.7 Å². The van der Waals surface area contributed by atoms with E-state index < -0.39 is 27.6 Å². The van der Waals surface area contributed by atoms with Crippen LogP contribution in [0.1, 0.15) is 33.6 Å². The van der Waals surface area contributed by atoms with Crippen molar-refractivity contribution in [2.75, 3.05) is 6.54 Å². The fraction of sp³-hybridized carbons (Fsp3) is 0.533. The number of hydrogen-bond acceptors (Lipinski definition) is 4. The number of benzene rings is 1. The third-order valence-corrected chi connectivity index (χ3v) is 5.75. The van der Waals surface area contributed by atoms with E-state index in [9.17, 15) is 13.2 Å². The Labute approximate surface area is 139 Å². The molecular weight excluding hydrogens is 370 g/mol. The van der Waals surface area contributed by atoms with Crippen molar-refractivity contribution in [3.05, 3.63) is 28.7 Å². The molecule has 1 aliphatic heterocycles. The first-order valence-electron chi connectivity index (χ1n) is 7.11. The summed E-state index contributed by atoms with van der Waals surface area (Å²) in [6.45, 7) is 5.65. The Balaban J connectivity index is 2.26. The van der Waals surface area contributed by atoms with Gasteiger partial charge < -0.3 is 4.74 Å². The van der Waals surface area contributed by atoms with E-state index in [1.807, 2.05) is 0 Å². The normalized spacial score (nSPS) is 20.1. The predicted octanol–water partition coefficient (Wildman–Crippen LogP) is 2.94. The maximum Gasteiger partial charge on any atom is 0.324 e. The van der Waals surface area contributed by atoms with E-state index in [4.69, 9.17) is 4.74 Å². The molecule has 1 atom stereocenters. The molecule has 2 rings (SSSR count). The summed E-state index contributed by atoms with van der Waals surface area (Å²) >= 11 is 3.28. The molecule has 7 heteroatoms. The molecule has 1 unspecified atom stereocenters. The molecule has 5 nitrogen and oxygen atoms in total. The molecule has 1 saturated heterocycles. The smallest absolute Gasteiger partial charge is 0.324 e. The molecule has 0 radical (unpaired) electrons. The number of halogens is 1. The molecule has 0 bridgehead atoms. The van der Waals surface area contributed by atoms with Crippen LogP contribution in [0.4, 0.5) is 0 Å². The van der Waals surface area contributed by atoms with Crippen molar-refractivity contribution in [3.63, 3.8) is 0 Å². The number of sulfonamides is 1. The third kappa shape index (κ3) is 3.88. The van der Waals surface area contributed by atoms with Crippen molar-refractivity contribution in [1.82, 2.24) is 4.31 Å². The highest BCUT2D eigenvalue weighted by Crippen LogP contribution is 2.28. The second-order valence-corrected chi connectivity index (χ2v) is 9.07. The van der Waals surface area contributed by atoms with Gasteiger partial charge in [0.1, 0.15) is 11.6 Å². The summed E-state index contributed by atoms with van der Waals surface area (Å²) in [5.41, 5.74) is -0.632. The number of esters is 1. The Morgan fingerprint density at radius 2 is 1.86 bits per heavy atom. The lowest BCUT2D eigenvalue weighted by molar-refractivity contribution is -0.158. The molecule has 0 aromatic heterocycles. The Hall–Kier alpha value is -0.920. The van der Waals surface area contributed by atoms with Crippen LogP contribution in [-0.2, 0) is 19.6 Å². The number of rotatable bonds is 3. The summed E-state index contributed by atoms with van der Waals surface area (Å²) in [4.78, 5) is 12.5. The van der Waals surface area contributed by atoms with Gasteiger partial charge in [0.25, 0.3) is 0 Å². The molecule has 0 saturated carbocycles. The zero-order chi connectivity index (χ0) is 16.5. The first kappa shape index (κ1) is 17.4. The Morgan fingerprint density at radius 1 is 1.27 bits per heavy atom. The zero-order valence-corrected chi connectivity index (χ0v) is 15.3. The predicted molar refractivity (Wildman–Crippen MR) is 86.9 cm³/mol. The van der Waals surface area contributed by atoms with Crippen LogP contribution >= 0.6 is 15.9 Å². The van der Waals surface area contributed by atoms with Crippen molar-refractivity contribution in [3.8, 4) is 0 Å². The van der Waals surface area contributed by atoms with Crippen LogP contribution in [-0.4, -0.2) is 36.9 Å². The number of ether oxygens (including phenoxy) is 1. The summed E-state index contributed by atoms with van der Waals surface area (Å²) in [5.74, 6) is -0.481. The lowest BCUT2D eigenvalue weighted by Crippen LogP contribution is -2.43. The minimum Gasteiger partial charge on any atom is -0.459 e. The Morgan fingerprint density at radius 3 is 2.41 bits per heavy atom. The molecule has 0 N–H and O–H groups in total. The Bertz CT molecular complexity index is 649. The first-order chi connectivity index (χ1) is 10.1. The minimum absolute atomic E-state index is 0.186. The van der Waals surface area contributed by atoms with Crippen LogP contribution < -0.4 is 0 Å². The van der Waals surface area contributed by atoms with Gasteiger partial charge in [0.05, 0.1) is 4.90 Å². The maximum absolute atomic E-state index is 12.7. The molecule has 122 valence electrons. The summed E-state index contributed by atoms with van der Waals surface area (Å²) in [6.07, 6.45) is 1.14. The summed E-state index contributed by atoms with van der Waals surface area (Å²) in [6, 6.07) is 5.66. The van der Waals surface area contributed by atoms with Crippen LogP contribution in [0.15, 0.2) is 33.6 Å². The van der Waals surface area contributed by atoms with Crippen molar-refractivity contribution in [2.45, 2.75) is 50.2 Å². The minimum atomic E-state index is -3.69. The summed E-state index contributed by atoms with van der Waals surface area (Å²) in [7, 11) is -3.69. The molecular formula is C15H20BrNO4S. The van der Waals surface area contributed by atoms with Crippen molar-refractivity contribution in [1.29, 1.82) is 0 Å². The zero-order valence-electron chi connectivity index (χ0n) is 12.9. The van der Waals surface area contributed by atoms with E-state index in [0.29, 0.717) is 19.4 Å². The lowest BCUT2D eigenvalue weighted by atomic mass is 10.2. The van der Waals surface area contributed by atoms with E-state index in [0.717, 1.165) is 4.47 Å². The van der Waals surface area contributed by atoms with Crippen LogP contribution in [0.25, 0.3) is 0 Å². The molecule has 0 spiro atoms. The van der Waals surface area contributed by atoms with E-state index >= 15 is 0 Å². The molecule has 1 aliphatic rings. The standard InChI is InChI=1S/C15H20BrNO4S/c1-15(2,3)21-14(18)13-5-4-10-17(13)22(19,20)12-8-6-11(16)7-9-12/h6-9,13H,4-5,10H2,1-3H3. The third-order valence-electron chi connectivity index (χ3n) is 3.30. The van der Waals surface area contributed by atoms with Gasteiger partial charge in [-0.1, -0.05) is 15.9 Å². The van der Waals surface area contributed by atoms with E-state index in [1.54, 1.807) is 32.9 Å².